The first-order valence-electron chi connectivity index (χ1n) is 14.9. The summed E-state index contributed by atoms with van der Waals surface area (Å²) < 4.78 is 0. The molecule has 1 fully saturated rings. The van der Waals surface area contributed by atoms with Crippen molar-refractivity contribution in [2.45, 2.75) is 44.9 Å². The van der Waals surface area contributed by atoms with E-state index in [9.17, 15) is 0 Å². The number of fused-ring (bicyclic) bond motifs is 5. The molecule has 0 heterocycles. The molecule has 0 bridgehead atoms. The van der Waals surface area contributed by atoms with Crippen molar-refractivity contribution in [1.82, 2.24) is 0 Å². The second kappa shape index (κ2) is 10.1. The minimum Gasteiger partial charge on any atom is -0.356 e. The topological polar surface area (TPSA) is 12.0 Å². The van der Waals surface area contributed by atoms with Crippen molar-refractivity contribution in [1.29, 1.82) is 0 Å². The maximum atomic E-state index is 3.59. The molecule has 1 heteroatoms. The van der Waals surface area contributed by atoms with E-state index in [0.29, 0.717) is 5.92 Å². The van der Waals surface area contributed by atoms with Crippen LogP contribution in [0.5, 0.6) is 0 Å². The summed E-state index contributed by atoms with van der Waals surface area (Å²) in [6.45, 7) is 4.81. The van der Waals surface area contributed by atoms with Gasteiger partial charge >= 0.3 is 0 Å². The molecule has 40 heavy (non-hydrogen) atoms. The van der Waals surface area contributed by atoms with Crippen molar-refractivity contribution >= 4 is 11.4 Å². The molecule has 3 atom stereocenters. The van der Waals surface area contributed by atoms with Gasteiger partial charge in [-0.3, -0.25) is 0 Å². The van der Waals surface area contributed by atoms with Gasteiger partial charge in [-0.1, -0.05) is 117 Å². The van der Waals surface area contributed by atoms with Crippen molar-refractivity contribution in [2.75, 3.05) is 5.32 Å². The van der Waals surface area contributed by atoms with Crippen LogP contribution in [-0.4, -0.2) is 0 Å². The Bertz CT molecular complexity index is 1630. The van der Waals surface area contributed by atoms with E-state index in [0.717, 1.165) is 17.3 Å². The van der Waals surface area contributed by atoms with Gasteiger partial charge in [0, 0.05) is 16.8 Å². The molecule has 1 spiro atoms. The second-order valence-corrected chi connectivity index (χ2v) is 11.9. The zero-order chi connectivity index (χ0) is 27.1. The molecule has 5 aromatic rings. The molecule has 3 unspecified atom stereocenters. The Balaban J connectivity index is 1.21. The van der Waals surface area contributed by atoms with Gasteiger partial charge in [-0.2, -0.15) is 0 Å². The highest BCUT2D eigenvalue weighted by molar-refractivity contribution is 5.93. The van der Waals surface area contributed by atoms with E-state index in [-0.39, 0.29) is 5.41 Å². The second-order valence-electron chi connectivity index (χ2n) is 11.9. The van der Waals surface area contributed by atoms with Crippen LogP contribution in [0.2, 0.25) is 0 Å². The van der Waals surface area contributed by atoms with Gasteiger partial charge in [0.25, 0.3) is 0 Å². The lowest BCUT2D eigenvalue weighted by molar-refractivity contribution is 0.355. The van der Waals surface area contributed by atoms with Crippen LogP contribution in [0.1, 0.15) is 50.7 Å². The summed E-state index contributed by atoms with van der Waals surface area (Å²) in [5.74, 6) is 1.47. The van der Waals surface area contributed by atoms with Gasteiger partial charge in [-0.15, -0.1) is 0 Å². The van der Waals surface area contributed by atoms with E-state index in [1.807, 2.05) is 0 Å². The minimum absolute atomic E-state index is 0.158. The standard InChI is InChI=1S/C39H37N/c1-3-10-31-25-27(2)26-39(31)36-15-8-7-13-35(36)38-34(14-9-16-37(38)39)30-19-23-33(24-20-30)40-32-21-17-29(18-22-32)28-11-5-4-6-12-28/h4-9,11-24,27,31,40H,3,10,25-26H2,1-2H3. The molecule has 0 radical (unpaired) electrons. The lowest BCUT2D eigenvalue weighted by Crippen LogP contribution is -2.30. The number of hydrogen-bond donors (Lipinski definition) is 1. The van der Waals surface area contributed by atoms with Crippen molar-refractivity contribution in [2.24, 2.45) is 11.8 Å². The maximum absolute atomic E-state index is 3.59. The first kappa shape index (κ1) is 24.9. The lowest BCUT2D eigenvalue weighted by Gasteiger charge is -2.34. The monoisotopic (exact) mass is 519 g/mol. The Kier molecular flexibility index (Phi) is 6.31. The Morgan fingerprint density at radius 3 is 1.95 bits per heavy atom. The van der Waals surface area contributed by atoms with Crippen LogP contribution in [0.25, 0.3) is 33.4 Å². The van der Waals surface area contributed by atoms with Crippen molar-refractivity contribution in [3.8, 4) is 33.4 Å². The van der Waals surface area contributed by atoms with E-state index in [1.54, 1.807) is 11.1 Å². The minimum atomic E-state index is 0.158. The summed E-state index contributed by atoms with van der Waals surface area (Å²) in [4.78, 5) is 0. The van der Waals surface area contributed by atoms with Gasteiger partial charge < -0.3 is 5.32 Å². The fourth-order valence-electron chi connectivity index (χ4n) is 7.83. The number of anilines is 2. The smallest absolute Gasteiger partial charge is 0.0384 e. The van der Waals surface area contributed by atoms with E-state index in [2.05, 4.69) is 140 Å². The predicted molar refractivity (Wildman–Crippen MR) is 170 cm³/mol. The van der Waals surface area contributed by atoms with E-state index in [4.69, 9.17) is 0 Å². The summed E-state index contributed by atoms with van der Waals surface area (Å²) in [7, 11) is 0. The average molecular weight is 520 g/mol. The van der Waals surface area contributed by atoms with Gasteiger partial charge in [0.05, 0.1) is 0 Å². The molecular weight excluding hydrogens is 482 g/mol. The highest BCUT2D eigenvalue weighted by Gasteiger charge is 2.53. The SMILES string of the molecule is CCCC1CC(C)CC12c1ccccc1-c1c(-c3ccc(Nc4ccc(-c5ccccc5)cc4)cc3)cccc12. The molecule has 1 saturated carbocycles. The Morgan fingerprint density at radius 2 is 1.23 bits per heavy atom. The molecule has 2 aliphatic carbocycles. The predicted octanol–water partition coefficient (Wildman–Crippen LogP) is 10.9. The van der Waals surface area contributed by atoms with Crippen LogP contribution in [0.3, 0.4) is 0 Å². The van der Waals surface area contributed by atoms with Gasteiger partial charge in [0.15, 0.2) is 0 Å². The summed E-state index contributed by atoms with van der Waals surface area (Å²) in [5.41, 5.74) is 13.5. The zero-order valence-electron chi connectivity index (χ0n) is 23.5. The number of rotatable bonds is 6. The fraction of sp³-hybridized carbons (Fsp3) is 0.231. The fourth-order valence-corrected chi connectivity index (χ4v) is 7.83. The molecule has 198 valence electrons. The Hall–Kier alpha value is -4.10. The van der Waals surface area contributed by atoms with Gasteiger partial charge in [0.2, 0.25) is 0 Å². The largest absolute Gasteiger partial charge is 0.356 e. The summed E-state index contributed by atoms with van der Waals surface area (Å²) in [6.07, 6.45) is 5.14. The number of hydrogen-bond acceptors (Lipinski definition) is 1. The Labute approximate surface area is 238 Å². The van der Waals surface area contributed by atoms with Crippen molar-refractivity contribution in [3.63, 3.8) is 0 Å². The lowest BCUT2D eigenvalue weighted by atomic mass is 9.68. The van der Waals surface area contributed by atoms with E-state index < -0.39 is 0 Å². The van der Waals surface area contributed by atoms with E-state index >= 15 is 0 Å². The molecule has 7 rings (SSSR count). The zero-order valence-corrected chi connectivity index (χ0v) is 23.5. The normalized spacial score (nSPS) is 20.9. The summed E-state index contributed by atoms with van der Waals surface area (Å²) in [6, 6.07) is 44.5. The number of benzene rings is 5. The van der Waals surface area contributed by atoms with Gasteiger partial charge in [0.1, 0.15) is 0 Å². The molecule has 5 aromatic carbocycles. The van der Waals surface area contributed by atoms with Crippen LogP contribution >= 0.6 is 0 Å². The van der Waals surface area contributed by atoms with E-state index in [1.165, 1.54) is 59.1 Å². The van der Waals surface area contributed by atoms with Gasteiger partial charge in [-0.05, 0) is 99.9 Å². The Morgan fingerprint density at radius 1 is 0.625 bits per heavy atom. The summed E-state index contributed by atoms with van der Waals surface area (Å²) >= 11 is 0. The molecule has 2 aliphatic rings. The molecule has 1 N–H and O–H groups in total. The van der Waals surface area contributed by atoms with Gasteiger partial charge in [-0.25, -0.2) is 0 Å². The third-order valence-corrected chi connectivity index (χ3v) is 9.39. The molecule has 1 nitrogen and oxygen atoms in total. The molecule has 0 aromatic heterocycles. The molecule has 0 amide bonds. The summed E-state index contributed by atoms with van der Waals surface area (Å²) in [5, 5.41) is 3.59. The first-order valence-corrected chi connectivity index (χ1v) is 14.9. The van der Waals surface area contributed by atoms with Crippen molar-refractivity contribution in [3.05, 3.63) is 132 Å². The van der Waals surface area contributed by atoms with Crippen LogP contribution in [-0.2, 0) is 5.41 Å². The third kappa shape index (κ3) is 4.07. The van der Waals surface area contributed by atoms with Crippen LogP contribution in [0, 0.1) is 11.8 Å². The quantitative estimate of drug-likeness (QED) is 0.235. The van der Waals surface area contributed by atoms with Crippen LogP contribution in [0.4, 0.5) is 11.4 Å². The van der Waals surface area contributed by atoms with Crippen molar-refractivity contribution < 1.29 is 0 Å². The average Bonchev–Trinajstić information content (AvgIpc) is 3.48. The highest BCUT2D eigenvalue weighted by Crippen LogP contribution is 2.63. The third-order valence-electron chi connectivity index (χ3n) is 9.39. The highest BCUT2D eigenvalue weighted by atomic mass is 14.9. The molecule has 0 saturated heterocycles. The first-order chi connectivity index (χ1) is 19.7. The van der Waals surface area contributed by atoms with Crippen LogP contribution in [0.15, 0.2) is 121 Å². The maximum Gasteiger partial charge on any atom is 0.0384 e. The molecular formula is C39H37N. The van der Waals surface area contributed by atoms with Crippen LogP contribution < -0.4 is 5.32 Å². The molecule has 0 aliphatic heterocycles. The number of nitrogens with one attached hydrogen (secondary N) is 1.